The second kappa shape index (κ2) is 6.53. The Labute approximate surface area is 104 Å². The molecule has 0 radical (unpaired) electrons. The van der Waals surface area contributed by atoms with Crippen molar-refractivity contribution >= 4 is 16.9 Å². The van der Waals surface area contributed by atoms with E-state index in [1.165, 1.54) is 55.9 Å². The van der Waals surface area contributed by atoms with Crippen LogP contribution in [0.4, 0.5) is 0 Å². The Hall–Kier alpha value is -0.180. The normalized spacial score (nSPS) is 29.1. The third-order valence-electron chi connectivity index (χ3n) is 3.48. The molecule has 0 aromatic carbocycles. The SMILES string of the molecule is CC1CN=C(NC2CCCCCCC2)SC1. The zero-order valence-electron chi connectivity index (χ0n) is 10.4. The maximum atomic E-state index is 4.63. The van der Waals surface area contributed by atoms with Crippen LogP contribution in [-0.4, -0.2) is 23.5 Å². The summed E-state index contributed by atoms with van der Waals surface area (Å²) in [5.41, 5.74) is 0. The topological polar surface area (TPSA) is 24.4 Å². The standard InChI is InChI=1S/C13H24N2S/c1-11-9-14-13(16-10-11)15-12-7-5-3-2-4-6-8-12/h11-12H,2-10H2,1H3,(H,14,15). The molecule has 1 aliphatic heterocycles. The maximum Gasteiger partial charge on any atom is 0.156 e. The molecule has 0 saturated heterocycles. The monoisotopic (exact) mass is 240 g/mol. The van der Waals surface area contributed by atoms with Crippen LogP contribution >= 0.6 is 11.8 Å². The second-order valence-corrected chi connectivity index (χ2v) is 6.26. The molecule has 0 aromatic heterocycles. The van der Waals surface area contributed by atoms with Gasteiger partial charge in [0.2, 0.25) is 0 Å². The quantitative estimate of drug-likeness (QED) is 0.759. The second-order valence-electron chi connectivity index (χ2n) is 5.25. The Morgan fingerprint density at radius 1 is 1.12 bits per heavy atom. The molecule has 0 aromatic rings. The largest absolute Gasteiger partial charge is 0.362 e. The van der Waals surface area contributed by atoms with Gasteiger partial charge in [0.25, 0.3) is 0 Å². The Kier molecular flexibility index (Phi) is 5.01. The van der Waals surface area contributed by atoms with Gasteiger partial charge in [-0.05, 0) is 18.8 Å². The van der Waals surface area contributed by atoms with Gasteiger partial charge in [0.05, 0.1) is 0 Å². The molecule has 1 aliphatic carbocycles. The predicted octanol–water partition coefficient (Wildman–Crippen LogP) is 3.43. The van der Waals surface area contributed by atoms with Crippen LogP contribution in [0.15, 0.2) is 4.99 Å². The van der Waals surface area contributed by atoms with E-state index >= 15 is 0 Å². The van der Waals surface area contributed by atoms with E-state index in [1.807, 2.05) is 11.8 Å². The van der Waals surface area contributed by atoms with Crippen LogP contribution in [0, 0.1) is 5.92 Å². The molecule has 92 valence electrons. The minimum atomic E-state index is 0.694. The van der Waals surface area contributed by atoms with E-state index in [-0.39, 0.29) is 0 Å². The predicted molar refractivity (Wildman–Crippen MR) is 73.2 cm³/mol. The molecule has 3 heteroatoms. The van der Waals surface area contributed by atoms with Crippen LogP contribution in [0.25, 0.3) is 0 Å². The van der Waals surface area contributed by atoms with Crippen molar-refractivity contribution in [2.45, 2.75) is 57.9 Å². The molecule has 1 heterocycles. The van der Waals surface area contributed by atoms with Crippen LogP contribution in [0.2, 0.25) is 0 Å². The van der Waals surface area contributed by atoms with Gasteiger partial charge in [-0.15, -0.1) is 0 Å². The zero-order valence-corrected chi connectivity index (χ0v) is 11.2. The molecule has 1 fully saturated rings. The van der Waals surface area contributed by atoms with Crippen molar-refractivity contribution in [3.8, 4) is 0 Å². The number of thioether (sulfide) groups is 1. The van der Waals surface area contributed by atoms with Crippen molar-refractivity contribution in [3.63, 3.8) is 0 Å². The summed E-state index contributed by atoms with van der Waals surface area (Å²) >= 11 is 1.92. The lowest BCUT2D eigenvalue weighted by atomic mass is 9.97. The minimum absolute atomic E-state index is 0.694. The number of aliphatic imine (C=N–C) groups is 1. The first-order valence-electron chi connectivity index (χ1n) is 6.78. The fraction of sp³-hybridized carbons (Fsp3) is 0.923. The molecule has 1 N–H and O–H groups in total. The lowest BCUT2D eigenvalue weighted by Crippen LogP contribution is -2.35. The summed E-state index contributed by atoms with van der Waals surface area (Å²) in [5.74, 6) is 1.99. The molecule has 1 unspecified atom stereocenters. The Balaban J connectivity index is 1.78. The van der Waals surface area contributed by atoms with Crippen molar-refractivity contribution in [1.82, 2.24) is 5.32 Å². The lowest BCUT2D eigenvalue weighted by Gasteiger charge is -2.25. The molecule has 2 aliphatic rings. The molecule has 1 atom stereocenters. The smallest absolute Gasteiger partial charge is 0.156 e. The summed E-state index contributed by atoms with van der Waals surface area (Å²) in [4.78, 5) is 4.63. The number of amidine groups is 1. The fourth-order valence-electron chi connectivity index (χ4n) is 2.42. The zero-order chi connectivity index (χ0) is 11.2. The molecule has 16 heavy (non-hydrogen) atoms. The van der Waals surface area contributed by atoms with Crippen molar-refractivity contribution in [3.05, 3.63) is 0 Å². The van der Waals surface area contributed by atoms with Gasteiger partial charge in [-0.25, -0.2) is 0 Å². The van der Waals surface area contributed by atoms with Crippen LogP contribution in [-0.2, 0) is 0 Å². The van der Waals surface area contributed by atoms with Gasteiger partial charge in [-0.3, -0.25) is 4.99 Å². The molecule has 1 saturated carbocycles. The third-order valence-corrected chi connectivity index (χ3v) is 4.74. The fourth-order valence-corrected chi connectivity index (χ4v) is 3.38. The van der Waals surface area contributed by atoms with E-state index in [9.17, 15) is 0 Å². The van der Waals surface area contributed by atoms with E-state index in [0.717, 1.165) is 12.5 Å². The summed E-state index contributed by atoms with van der Waals surface area (Å²) < 4.78 is 0. The van der Waals surface area contributed by atoms with Crippen LogP contribution in [0.1, 0.15) is 51.9 Å². The first kappa shape index (κ1) is 12.3. The van der Waals surface area contributed by atoms with Crippen molar-refractivity contribution in [2.75, 3.05) is 12.3 Å². The number of nitrogens with one attached hydrogen (secondary N) is 1. The van der Waals surface area contributed by atoms with Gasteiger partial charge >= 0.3 is 0 Å². The first-order chi connectivity index (χ1) is 7.84. The minimum Gasteiger partial charge on any atom is -0.362 e. The van der Waals surface area contributed by atoms with Gasteiger partial charge in [-0.2, -0.15) is 0 Å². The summed E-state index contributed by atoms with van der Waals surface area (Å²) in [6.07, 6.45) is 9.77. The highest BCUT2D eigenvalue weighted by Crippen LogP contribution is 2.20. The summed E-state index contributed by atoms with van der Waals surface area (Å²) in [6, 6.07) is 0.694. The number of hydrogen-bond donors (Lipinski definition) is 1. The van der Waals surface area contributed by atoms with Gasteiger partial charge < -0.3 is 5.32 Å². The average Bonchev–Trinajstić information content (AvgIpc) is 2.25. The van der Waals surface area contributed by atoms with Gasteiger partial charge in [0, 0.05) is 18.3 Å². The van der Waals surface area contributed by atoms with Crippen molar-refractivity contribution < 1.29 is 0 Å². The summed E-state index contributed by atoms with van der Waals surface area (Å²) in [5, 5.41) is 4.87. The third kappa shape index (κ3) is 4.00. The summed E-state index contributed by atoms with van der Waals surface area (Å²) in [6.45, 7) is 3.30. The van der Waals surface area contributed by atoms with E-state index in [0.29, 0.717) is 6.04 Å². The summed E-state index contributed by atoms with van der Waals surface area (Å²) in [7, 11) is 0. The molecular formula is C13H24N2S. The van der Waals surface area contributed by atoms with Crippen molar-refractivity contribution in [2.24, 2.45) is 10.9 Å². The highest BCUT2D eigenvalue weighted by molar-refractivity contribution is 8.13. The molecule has 0 spiro atoms. The molecule has 2 rings (SSSR count). The highest BCUT2D eigenvalue weighted by Gasteiger charge is 2.16. The molecule has 2 nitrogen and oxygen atoms in total. The van der Waals surface area contributed by atoms with Crippen LogP contribution in [0.5, 0.6) is 0 Å². The lowest BCUT2D eigenvalue weighted by molar-refractivity contribution is 0.429. The maximum absolute atomic E-state index is 4.63. The number of rotatable bonds is 1. The van der Waals surface area contributed by atoms with E-state index < -0.39 is 0 Å². The Morgan fingerprint density at radius 3 is 2.44 bits per heavy atom. The first-order valence-corrected chi connectivity index (χ1v) is 7.77. The van der Waals surface area contributed by atoms with Crippen LogP contribution in [0.3, 0.4) is 0 Å². The number of nitrogens with zero attached hydrogens (tertiary/aromatic N) is 1. The Morgan fingerprint density at radius 2 is 1.81 bits per heavy atom. The van der Waals surface area contributed by atoms with Crippen LogP contribution < -0.4 is 5.32 Å². The van der Waals surface area contributed by atoms with Gasteiger partial charge in [-0.1, -0.05) is 50.8 Å². The number of hydrogen-bond acceptors (Lipinski definition) is 3. The van der Waals surface area contributed by atoms with E-state index in [4.69, 9.17) is 0 Å². The highest BCUT2D eigenvalue weighted by atomic mass is 32.2. The van der Waals surface area contributed by atoms with E-state index in [1.54, 1.807) is 0 Å². The molecular weight excluding hydrogens is 216 g/mol. The molecule has 0 bridgehead atoms. The Bertz CT molecular complexity index is 232. The molecule has 0 amide bonds. The van der Waals surface area contributed by atoms with Gasteiger partial charge in [0.1, 0.15) is 0 Å². The van der Waals surface area contributed by atoms with E-state index in [2.05, 4.69) is 17.2 Å². The van der Waals surface area contributed by atoms with Gasteiger partial charge in [0.15, 0.2) is 5.17 Å². The average molecular weight is 240 g/mol. The van der Waals surface area contributed by atoms with Crippen molar-refractivity contribution in [1.29, 1.82) is 0 Å².